The van der Waals surface area contributed by atoms with E-state index in [0.717, 1.165) is 39.3 Å². The number of aromatic nitrogens is 1. The largest absolute Gasteiger partial charge is 0.356 e. The molecule has 1 atom stereocenters. The van der Waals surface area contributed by atoms with Gasteiger partial charge in [-0.25, -0.2) is 0 Å². The number of pyridine rings is 1. The second-order valence-corrected chi connectivity index (χ2v) is 9.74. The lowest BCUT2D eigenvalue weighted by molar-refractivity contribution is -0.133. The van der Waals surface area contributed by atoms with Gasteiger partial charge in [0.15, 0.2) is 0 Å². The first-order valence-electron chi connectivity index (χ1n) is 11.1. The van der Waals surface area contributed by atoms with Gasteiger partial charge in [0.2, 0.25) is 5.91 Å². The van der Waals surface area contributed by atoms with Crippen molar-refractivity contribution in [2.24, 2.45) is 5.41 Å². The van der Waals surface area contributed by atoms with E-state index in [0.29, 0.717) is 26.1 Å². The van der Waals surface area contributed by atoms with E-state index in [1.165, 1.54) is 11.3 Å². The molecule has 1 N–H and O–H groups in total. The maximum atomic E-state index is 13.4. The molecule has 2 amide bonds. The molecule has 4 rings (SSSR count). The van der Waals surface area contributed by atoms with Crippen molar-refractivity contribution < 1.29 is 9.59 Å². The number of hydrogen-bond donors (Lipinski definition) is 1. The number of hydrogen-bond acceptors (Lipinski definition) is 4. The molecule has 1 aliphatic rings. The zero-order valence-electron chi connectivity index (χ0n) is 18.6. The van der Waals surface area contributed by atoms with Gasteiger partial charge in [-0.15, -0.1) is 11.3 Å². The monoisotopic (exact) mass is 447 g/mol. The highest BCUT2D eigenvalue weighted by molar-refractivity contribution is 7.13. The quantitative estimate of drug-likeness (QED) is 0.595. The smallest absolute Gasteiger partial charge is 0.263 e. The Bertz CT molecular complexity index is 1100. The van der Waals surface area contributed by atoms with Crippen molar-refractivity contribution in [3.63, 3.8) is 0 Å². The van der Waals surface area contributed by atoms with Crippen molar-refractivity contribution in [3.05, 3.63) is 76.2 Å². The molecule has 0 saturated carbocycles. The lowest BCUT2D eigenvalue weighted by Gasteiger charge is -2.42. The summed E-state index contributed by atoms with van der Waals surface area (Å²) in [6.07, 6.45) is 5.76. The summed E-state index contributed by atoms with van der Waals surface area (Å²) < 4.78 is 0. The second-order valence-electron chi connectivity index (χ2n) is 8.46. The van der Waals surface area contributed by atoms with E-state index in [1.54, 1.807) is 6.20 Å². The molecule has 1 saturated heterocycles. The van der Waals surface area contributed by atoms with Gasteiger partial charge in [-0.3, -0.25) is 14.6 Å². The molecule has 0 radical (unpaired) electrons. The van der Waals surface area contributed by atoms with Gasteiger partial charge >= 0.3 is 0 Å². The zero-order valence-corrected chi connectivity index (χ0v) is 19.5. The number of aryl methyl sites for hydroxylation is 1. The van der Waals surface area contributed by atoms with Gasteiger partial charge in [-0.05, 0) is 62.4 Å². The first-order chi connectivity index (χ1) is 15.5. The average molecular weight is 448 g/mol. The molecule has 166 valence electrons. The van der Waals surface area contributed by atoms with Gasteiger partial charge in [-0.1, -0.05) is 30.3 Å². The Balaban J connectivity index is 1.67. The van der Waals surface area contributed by atoms with Gasteiger partial charge < -0.3 is 10.2 Å². The summed E-state index contributed by atoms with van der Waals surface area (Å²) in [5, 5.41) is 3.05. The van der Waals surface area contributed by atoms with E-state index in [2.05, 4.69) is 22.4 Å². The highest BCUT2D eigenvalue weighted by Gasteiger charge is 2.44. The van der Waals surface area contributed by atoms with Crippen LogP contribution >= 0.6 is 11.3 Å². The summed E-state index contributed by atoms with van der Waals surface area (Å²) in [5.74, 6) is 0.0536. The van der Waals surface area contributed by atoms with Crippen LogP contribution in [0, 0.1) is 12.3 Å². The average Bonchev–Trinajstić information content (AvgIpc) is 3.26. The number of rotatable bonds is 6. The Morgan fingerprint density at radius 3 is 2.72 bits per heavy atom. The molecule has 3 aromatic rings. The highest BCUT2D eigenvalue weighted by atomic mass is 32.1. The van der Waals surface area contributed by atoms with Crippen molar-refractivity contribution in [1.82, 2.24) is 15.2 Å². The summed E-state index contributed by atoms with van der Waals surface area (Å²) in [6.45, 7) is 5.63. The van der Waals surface area contributed by atoms with Crippen molar-refractivity contribution in [2.75, 3.05) is 19.6 Å². The Morgan fingerprint density at radius 2 is 2.00 bits per heavy atom. The molecule has 5 nitrogen and oxygen atoms in total. The normalized spacial score (nSPS) is 18.4. The first kappa shape index (κ1) is 22.2. The summed E-state index contributed by atoms with van der Waals surface area (Å²) >= 11 is 1.51. The minimum atomic E-state index is -0.658. The molecule has 3 heterocycles. The van der Waals surface area contributed by atoms with Crippen molar-refractivity contribution in [3.8, 4) is 11.1 Å². The fraction of sp³-hybridized carbons (Fsp3) is 0.346. The molecule has 1 unspecified atom stereocenters. The third-order valence-electron chi connectivity index (χ3n) is 6.15. The Morgan fingerprint density at radius 1 is 1.16 bits per heavy atom. The number of thiophene rings is 1. The number of carbonyl (C=O) groups is 2. The number of amides is 2. The molecule has 0 spiro atoms. The summed E-state index contributed by atoms with van der Waals surface area (Å²) in [5.41, 5.74) is 2.57. The molecule has 0 aliphatic carbocycles. The second kappa shape index (κ2) is 9.65. The van der Waals surface area contributed by atoms with Crippen molar-refractivity contribution >= 4 is 23.2 Å². The van der Waals surface area contributed by atoms with Crippen LogP contribution in [0.4, 0.5) is 0 Å². The third-order valence-corrected chi connectivity index (χ3v) is 7.14. The van der Waals surface area contributed by atoms with Crippen LogP contribution in [-0.4, -0.2) is 41.3 Å². The maximum absolute atomic E-state index is 13.4. The van der Waals surface area contributed by atoms with Gasteiger partial charge in [0.05, 0.1) is 10.3 Å². The molecule has 1 aromatic carbocycles. The van der Waals surface area contributed by atoms with Crippen molar-refractivity contribution in [1.29, 1.82) is 0 Å². The summed E-state index contributed by atoms with van der Waals surface area (Å²) in [4.78, 5) is 34.6. The van der Waals surface area contributed by atoms with E-state index in [-0.39, 0.29) is 11.8 Å². The van der Waals surface area contributed by atoms with Crippen LogP contribution in [0.25, 0.3) is 11.1 Å². The molecule has 1 fully saturated rings. The molecule has 1 aliphatic heterocycles. The topological polar surface area (TPSA) is 62.3 Å². The van der Waals surface area contributed by atoms with Crippen LogP contribution in [0.3, 0.4) is 0 Å². The SMILES string of the molecule is CCNC(=O)C1(Cc2ccccc2-c2cccnc2)CCCN(C(=O)c2ccc(C)s2)C1. The van der Waals surface area contributed by atoms with Crippen LogP contribution < -0.4 is 5.32 Å². The summed E-state index contributed by atoms with van der Waals surface area (Å²) in [7, 11) is 0. The molecule has 0 bridgehead atoms. The van der Waals surface area contributed by atoms with Gasteiger partial charge in [-0.2, -0.15) is 0 Å². The van der Waals surface area contributed by atoms with E-state index in [4.69, 9.17) is 0 Å². The predicted molar refractivity (Wildman–Crippen MR) is 129 cm³/mol. The van der Waals surface area contributed by atoms with Crippen molar-refractivity contribution in [2.45, 2.75) is 33.1 Å². The van der Waals surface area contributed by atoms with E-state index in [1.807, 2.05) is 61.3 Å². The van der Waals surface area contributed by atoms with Crippen LogP contribution in [0.5, 0.6) is 0 Å². The fourth-order valence-corrected chi connectivity index (χ4v) is 5.45. The fourth-order valence-electron chi connectivity index (χ4n) is 4.61. The number of nitrogens with one attached hydrogen (secondary N) is 1. The number of piperidine rings is 1. The molecular formula is C26H29N3O2S. The van der Waals surface area contributed by atoms with Crippen LogP contribution in [0.1, 0.15) is 39.9 Å². The molecule has 2 aromatic heterocycles. The predicted octanol–water partition coefficient (Wildman–Crippen LogP) is 4.72. The third kappa shape index (κ3) is 4.60. The van der Waals surface area contributed by atoms with E-state index in [9.17, 15) is 9.59 Å². The lowest BCUT2D eigenvalue weighted by Crippen LogP contribution is -2.54. The van der Waals surface area contributed by atoms with E-state index >= 15 is 0 Å². The van der Waals surface area contributed by atoms with Crippen LogP contribution in [0.15, 0.2) is 60.9 Å². The molecular weight excluding hydrogens is 418 g/mol. The number of nitrogens with zero attached hydrogens (tertiary/aromatic N) is 2. The minimum absolute atomic E-state index is 0.0250. The zero-order chi connectivity index (χ0) is 22.6. The lowest BCUT2D eigenvalue weighted by atomic mass is 9.73. The Hall–Kier alpha value is -2.99. The number of likely N-dealkylation sites (tertiary alicyclic amines) is 1. The Kier molecular flexibility index (Phi) is 6.70. The van der Waals surface area contributed by atoms with Crippen LogP contribution in [-0.2, 0) is 11.2 Å². The number of carbonyl (C=O) groups excluding carboxylic acids is 2. The van der Waals surface area contributed by atoms with Crippen LogP contribution in [0.2, 0.25) is 0 Å². The molecule has 32 heavy (non-hydrogen) atoms. The van der Waals surface area contributed by atoms with E-state index < -0.39 is 5.41 Å². The first-order valence-corrected chi connectivity index (χ1v) is 12.0. The Labute approximate surface area is 193 Å². The number of benzene rings is 1. The highest BCUT2D eigenvalue weighted by Crippen LogP contribution is 2.38. The summed E-state index contributed by atoms with van der Waals surface area (Å²) in [6, 6.07) is 16.0. The van der Waals surface area contributed by atoms with Gasteiger partial charge in [0.1, 0.15) is 0 Å². The van der Waals surface area contributed by atoms with Gasteiger partial charge in [0, 0.05) is 42.5 Å². The maximum Gasteiger partial charge on any atom is 0.263 e. The van der Waals surface area contributed by atoms with Gasteiger partial charge in [0.25, 0.3) is 5.91 Å². The minimum Gasteiger partial charge on any atom is -0.356 e. The molecule has 6 heteroatoms. The standard InChI is InChI=1S/C26H29N3O2S/c1-3-28-25(31)26(13-7-15-29(18-26)24(30)23-12-11-19(2)32-23)16-20-8-4-5-10-22(20)21-9-6-14-27-17-21/h4-6,8-12,14,17H,3,7,13,15-16,18H2,1-2H3,(H,28,31).